The van der Waals surface area contributed by atoms with E-state index in [0.29, 0.717) is 16.5 Å². The topological polar surface area (TPSA) is 100 Å². The van der Waals surface area contributed by atoms with Crippen LogP contribution in [0.15, 0.2) is 47.6 Å². The Morgan fingerprint density at radius 1 is 1.19 bits per heavy atom. The number of carbonyl (C=O) groups is 2. The molecule has 1 unspecified atom stereocenters. The zero-order valence-electron chi connectivity index (χ0n) is 17.5. The molecule has 0 bridgehead atoms. The minimum Gasteiger partial charge on any atom is -0.495 e. The van der Waals surface area contributed by atoms with Crippen LogP contribution in [-0.2, 0) is 19.6 Å². The molecular weight excluding hydrogens is 456 g/mol. The average Bonchev–Trinajstić information content (AvgIpc) is 3.20. The van der Waals surface area contributed by atoms with E-state index in [1.165, 1.54) is 34.8 Å². The normalized spacial score (nSPS) is 19.9. The van der Waals surface area contributed by atoms with Crippen LogP contribution in [0, 0.1) is 5.92 Å². The molecule has 3 heterocycles. The van der Waals surface area contributed by atoms with Crippen LogP contribution >= 0.6 is 11.6 Å². The largest absolute Gasteiger partial charge is 0.495 e. The smallest absolute Gasteiger partial charge is 0.244 e. The van der Waals surface area contributed by atoms with E-state index in [9.17, 15) is 18.0 Å². The summed E-state index contributed by atoms with van der Waals surface area (Å²) in [7, 11) is -2.14. The molecule has 9 nitrogen and oxygen atoms in total. The fourth-order valence-corrected chi connectivity index (χ4v) is 5.59. The van der Waals surface area contributed by atoms with E-state index in [1.807, 2.05) is 0 Å². The van der Waals surface area contributed by atoms with E-state index in [-0.39, 0.29) is 55.9 Å². The van der Waals surface area contributed by atoms with Crippen molar-refractivity contribution in [2.24, 2.45) is 5.92 Å². The maximum atomic E-state index is 13.1. The molecule has 2 fully saturated rings. The maximum Gasteiger partial charge on any atom is 0.244 e. The fraction of sp³-hybridized carbons (Fsp3) is 0.381. The van der Waals surface area contributed by atoms with Crippen molar-refractivity contribution in [2.45, 2.75) is 11.3 Å². The van der Waals surface area contributed by atoms with Gasteiger partial charge in [0.2, 0.25) is 21.8 Å². The molecular formula is C21H23ClN4O5S. The van der Waals surface area contributed by atoms with E-state index >= 15 is 0 Å². The number of halogens is 1. The summed E-state index contributed by atoms with van der Waals surface area (Å²) in [6.07, 6.45) is 2.92. The van der Waals surface area contributed by atoms with Crippen molar-refractivity contribution in [3.8, 4) is 5.75 Å². The van der Waals surface area contributed by atoms with E-state index in [2.05, 4.69) is 4.98 Å². The van der Waals surface area contributed by atoms with Crippen LogP contribution in [0.4, 0.5) is 5.69 Å². The predicted octanol–water partition coefficient (Wildman–Crippen LogP) is 1.63. The summed E-state index contributed by atoms with van der Waals surface area (Å²) in [5, 5.41) is 0.467. The summed E-state index contributed by atoms with van der Waals surface area (Å²) < 4.78 is 32.2. The van der Waals surface area contributed by atoms with E-state index in [1.54, 1.807) is 29.2 Å². The molecule has 1 atom stereocenters. The zero-order chi connectivity index (χ0) is 22.9. The number of anilines is 1. The number of ether oxygens (including phenoxy) is 1. The molecule has 2 aliphatic heterocycles. The van der Waals surface area contributed by atoms with E-state index in [0.717, 1.165) is 0 Å². The van der Waals surface area contributed by atoms with Gasteiger partial charge in [-0.3, -0.25) is 14.6 Å². The van der Waals surface area contributed by atoms with Gasteiger partial charge in [-0.15, -0.1) is 0 Å². The number of pyridine rings is 1. The Morgan fingerprint density at radius 2 is 1.94 bits per heavy atom. The van der Waals surface area contributed by atoms with Gasteiger partial charge < -0.3 is 14.5 Å². The Labute approximate surface area is 191 Å². The van der Waals surface area contributed by atoms with E-state index in [4.69, 9.17) is 16.3 Å². The maximum absolute atomic E-state index is 13.1. The Kier molecular flexibility index (Phi) is 6.36. The molecule has 0 saturated carbocycles. The summed E-state index contributed by atoms with van der Waals surface area (Å²) in [5.74, 6) is -0.334. The fourth-order valence-electron chi connectivity index (χ4n) is 4.04. The van der Waals surface area contributed by atoms with Crippen molar-refractivity contribution < 1.29 is 22.7 Å². The van der Waals surface area contributed by atoms with Gasteiger partial charge in [-0.05, 0) is 30.3 Å². The van der Waals surface area contributed by atoms with Gasteiger partial charge in [0.05, 0.1) is 18.7 Å². The minimum absolute atomic E-state index is 0.0860. The lowest BCUT2D eigenvalue weighted by Crippen LogP contribution is -2.52. The number of piperazine rings is 1. The van der Waals surface area contributed by atoms with Gasteiger partial charge in [0, 0.05) is 56.6 Å². The molecule has 0 spiro atoms. The van der Waals surface area contributed by atoms with Crippen LogP contribution in [0.25, 0.3) is 0 Å². The summed E-state index contributed by atoms with van der Waals surface area (Å²) in [6, 6.07) is 8.08. The van der Waals surface area contributed by atoms with Crippen molar-refractivity contribution in [1.82, 2.24) is 14.2 Å². The van der Waals surface area contributed by atoms with Crippen molar-refractivity contribution >= 4 is 39.1 Å². The second-order valence-electron chi connectivity index (χ2n) is 7.64. The average molecular weight is 479 g/mol. The number of benzene rings is 1. The highest BCUT2D eigenvalue weighted by molar-refractivity contribution is 7.89. The minimum atomic E-state index is -3.65. The number of carbonyl (C=O) groups excluding carboxylic acids is 2. The number of hydrogen-bond donors (Lipinski definition) is 0. The monoisotopic (exact) mass is 478 g/mol. The molecule has 2 aromatic rings. The number of aromatic nitrogens is 1. The third-order valence-corrected chi connectivity index (χ3v) is 7.85. The van der Waals surface area contributed by atoms with Crippen LogP contribution in [0.2, 0.25) is 5.02 Å². The van der Waals surface area contributed by atoms with Gasteiger partial charge >= 0.3 is 0 Å². The second kappa shape index (κ2) is 9.05. The highest BCUT2D eigenvalue weighted by Crippen LogP contribution is 2.35. The molecule has 1 aromatic carbocycles. The summed E-state index contributed by atoms with van der Waals surface area (Å²) >= 11 is 6.09. The number of hydrogen-bond acceptors (Lipinski definition) is 6. The lowest BCUT2D eigenvalue weighted by Gasteiger charge is -2.35. The third kappa shape index (κ3) is 4.30. The van der Waals surface area contributed by atoms with Crippen molar-refractivity contribution in [3.63, 3.8) is 0 Å². The van der Waals surface area contributed by atoms with Crippen LogP contribution in [0.3, 0.4) is 0 Å². The quantitative estimate of drug-likeness (QED) is 0.647. The standard InChI is InChI=1S/C21H23ClN4O5S/c1-31-19-5-4-16(22)12-18(19)26-14-15(11-20(26)27)21(28)24-7-9-25(10-8-24)32(29,30)17-3-2-6-23-13-17/h2-6,12-13,15H,7-11,14H2,1H3. The van der Waals surface area contributed by atoms with Crippen LogP contribution < -0.4 is 9.64 Å². The highest BCUT2D eigenvalue weighted by atomic mass is 35.5. The first kappa shape index (κ1) is 22.5. The molecule has 2 amide bonds. The molecule has 1 aromatic heterocycles. The molecule has 0 aliphatic carbocycles. The molecule has 2 aliphatic rings. The van der Waals surface area contributed by atoms with Crippen molar-refractivity contribution in [2.75, 3.05) is 44.7 Å². The van der Waals surface area contributed by atoms with E-state index < -0.39 is 15.9 Å². The summed E-state index contributed by atoms with van der Waals surface area (Å²) in [6.45, 7) is 1.14. The van der Waals surface area contributed by atoms with Gasteiger partial charge in [-0.2, -0.15) is 4.31 Å². The van der Waals surface area contributed by atoms with Gasteiger partial charge in [-0.25, -0.2) is 8.42 Å². The Hall–Kier alpha value is -2.69. The molecule has 4 rings (SSSR count). The number of nitrogens with zero attached hydrogens (tertiary/aromatic N) is 4. The first-order chi connectivity index (χ1) is 15.3. The van der Waals surface area contributed by atoms with Crippen LogP contribution in [0.1, 0.15) is 6.42 Å². The molecule has 0 N–H and O–H groups in total. The summed E-state index contributed by atoms with van der Waals surface area (Å²) in [5.41, 5.74) is 0.535. The lowest BCUT2D eigenvalue weighted by molar-refractivity contribution is -0.136. The van der Waals surface area contributed by atoms with Crippen LogP contribution in [-0.4, -0.2) is 74.3 Å². The Balaban J connectivity index is 1.41. The van der Waals surface area contributed by atoms with Crippen molar-refractivity contribution in [1.29, 1.82) is 0 Å². The Bertz CT molecular complexity index is 1120. The van der Waals surface area contributed by atoms with Crippen LogP contribution in [0.5, 0.6) is 5.75 Å². The summed E-state index contributed by atoms with van der Waals surface area (Å²) in [4.78, 5) is 32.9. The number of methoxy groups -OCH3 is 1. The first-order valence-electron chi connectivity index (χ1n) is 10.1. The van der Waals surface area contributed by atoms with Crippen molar-refractivity contribution in [3.05, 3.63) is 47.7 Å². The predicted molar refractivity (Wildman–Crippen MR) is 118 cm³/mol. The second-order valence-corrected chi connectivity index (χ2v) is 10.0. The first-order valence-corrected chi connectivity index (χ1v) is 12.0. The Morgan fingerprint density at radius 3 is 2.59 bits per heavy atom. The molecule has 0 radical (unpaired) electrons. The molecule has 32 heavy (non-hydrogen) atoms. The van der Waals surface area contributed by atoms with Gasteiger partial charge in [-0.1, -0.05) is 11.6 Å². The molecule has 11 heteroatoms. The molecule has 170 valence electrons. The third-order valence-electron chi connectivity index (χ3n) is 5.73. The zero-order valence-corrected chi connectivity index (χ0v) is 19.1. The molecule has 2 saturated heterocycles. The SMILES string of the molecule is COc1ccc(Cl)cc1N1CC(C(=O)N2CCN(S(=O)(=O)c3cccnc3)CC2)CC1=O. The van der Waals surface area contributed by atoms with Gasteiger partial charge in [0.25, 0.3) is 0 Å². The number of rotatable bonds is 5. The highest BCUT2D eigenvalue weighted by Gasteiger charge is 2.39. The van der Waals surface area contributed by atoms with Gasteiger partial charge in [0.15, 0.2) is 0 Å². The number of amides is 2. The van der Waals surface area contributed by atoms with Gasteiger partial charge in [0.1, 0.15) is 10.6 Å². The number of sulfonamides is 1. The lowest BCUT2D eigenvalue weighted by atomic mass is 10.1.